The SMILES string of the molecule is CC(C)[C@@H](CI)NC(=O)OC(C)(C)C. The summed E-state index contributed by atoms with van der Waals surface area (Å²) in [6.45, 7) is 9.75. The van der Waals surface area contributed by atoms with Crippen molar-refractivity contribution < 1.29 is 9.53 Å². The maximum atomic E-state index is 11.4. The van der Waals surface area contributed by atoms with E-state index < -0.39 is 5.60 Å². The van der Waals surface area contributed by atoms with Crippen LogP contribution in [-0.4, -0.2) is 22.2 Å². The Kier molecular flexibility index (Phi) is 5.78. The molecule has 0 radical (unpaired) electrons. The first-order valence-electron chi connectivity index (χ1n) is 4.81. The number of halogens is 1. The Labute approximate surface area is 100 Å². The molecule has 0 aliphatic heterocycles. The highest BCUT2D eigenvalue weighted by molar-refractivity contribution is 14.1. The van der Waals surface area contributed by atoms with Gasteiger partial charge in [0.1, 0.15) is 5.60 Å². The molecule has 0 aromatic rings. The number of amides is 1. The van der Waals surface area contributed by atoms with Gasteiger partial charge in [0.2, 0.25) is 0 Å². The summed E-state index contributed by atoms with van der Waals surface area (Å²) in [7, 11) is 0. The number of ether oxygens (including phenoxy) is 1. The van der Waals surface area contributed by atoms with Crippen LogP contribution in [0.15, 0.2) is 0 Å². The van der Waals surface area contributed by atoms with E-state index in [0.717, 1.165) is 4.43 Å². The van der Waals surface area contributed by atoms with Crippen molar-refractivity contribution in [2.75, 3.05) is 4.43 Å². The fourth-order valence-corrected chi connectivity index (χ4v) is 2.08. The van der Waals surface area contributed by atoms with Gasteiger partial charge >= 0.3 is 6.09 Å². The lowest BCUT2D eigenvalue weighted by Crippen LogP contribution is -2.42. The third-order valence-corrected chi connectivity index (χ3v) is 2.62. The molecular weight excluding hydrogens is 293 g/mol. The van der Waals surface area contributed by atoms with Gasteiger partial charge in [-0.05, 0) is 26.7 Å². The summed E-state index contributed by atoms with van der Waals surface area (Å²) < 4.78 is 6.06. The quantitative estimate of drug-likeness (QED) is 0.642. The second-order valence-electron chi connectivity index (χ2n) is 4.65. The van der Waals surface area contributed by atoms with Crippen LogP contribution in [0.4, 0.5) is 4.79 Å². The number of nitrogens with one attached hydrogen (secondary N) is 1. The van der Waals surface area contributed by atoms with Crippen molar-refractivity contribution in [3.05, 3.63) is 0 Å². The van der Waals surface area contributed by atoms with E-state index in [-0.39, 0.29) is 12.1 Å². The summed E-state index contributed by atoms with van der Waals surface area (Å²) in [5.74, 6) is 0.430. The van der Waals surface area contributed by atoms with Crippen molar-refractivity contribution in [3.8, 4) is 0 Å². The number of carbonyl (C=O) groups excluding carboxylic acids is 1. The van der Waals surface area contributed by atoms with E-state index in [1.54, 1.807) is 0 Å². The molecule has 0 aromatic heterocycles. The fraction of sp³-hybridized carbons (Fsp3) is 0.900. The highest BCUT2D eigenvalue weighted by Crippen LogP contribution is 2.09. The predicted molar refractivity (Wildman–Crippen MR) is 66.9 cm³/mol. The van der Waals surface area contributed by atoms with Crippen molar-refractivity contribution >= 4 is 28.7 Å². The average molecular weight is 313 g/mol. The Morgan fingerprint density at radius 2 is 1.93 bits per heavy atom. The first-order chi connectivity index (χ1) is 6.26. The smallest absolute Gasteiger partial charge is 0.407 e. The van der Waals surface area contributed by atoms with Gasteiger partial charge in [-0.1, -0.05) is 36.4 Å². The summed E-state index contributed by atoms with van der Waals surface area (Å²) >= 11 is 2.27. The summed E-state index contributed by atoms with van der Waals surface area (Å²) in [5, 5.41) is 2.85. The molecule has 0 aromatic carbocycles. The minimum absolute atomic E-state index is 0.186. The molecule has 14 heavy (non-hydrogen) atoms. The van der Waals surface area contributed by atoms with Crippen LogP contribution >= 0.6 is 22.6 Å². The summed E-state index contributed by atoms with van der Waals surface area (Å²) in [4.78, 5) is 11.4. The summed E-state index contributed by atoms with van der Waals surface area (Å²) in [6.07, 6.45) is -0.326. The fourth-order valence-electron chi connectivity index (χ4n) is 0.842. The van der Waals surface area contributed by atoms with Crippen molar-refractivity contribution in [2.24, 2.45) is 5.92 Å². The van der Waals surface area contributed by atoms with Crippen LogP contribution in [-0.2, 0) is 4.74 Å². The Morgan fingerprint density at radius 1 is 1.43 bits per heavy atom. The number of carbonyl (C=O) groups is 1. The molecule has 3 nitrogen and oxygen atoms in total. The normalized spacial score (nSPS) is 13.9. The zero-order valence-corrected chi connectivity index (χ0v) is 11.7. The number of alkyl halides is 1. The standard InChI is InChI=1S/C10H20INO2/c1-7(2)8(6-11)12-9(13)14-10(3,4)5/h7-8H,6H2,1-5H3,(H,12,13)/t8-/m1/s1. The largest absolute Gasteiger partial charge is 0.444 e. The van der Waals surface area contributed by atoms with Gasteiger partial charge in [-0.3, -0.25) is 0 Å². The molecule has 0 unspecified atom stereocenters. The van der Waals surface area contributed by atoms with Gasteiger partial charge < -0.3 is 10.1 Å². The molecule has 0 saturated heterocycles. The van der Waals surface area contributed by atoms with Gasteiger partial charge in [0.25, 0.3) is 0 Å². The topological polar surface area (TPSA) is 38.3 Å². The van der Waals surface area contributed by atoms with E-state index in [9.17, 15) is 4.79 Å². The maximum absolute atomic E-state index is 11.4. The lowest BCUT2D eigenvalue weighted by atomic mass is 10.1. The minimum atomic E-state index is -0.420. The molecule has 1 atom stereocenters. The van der Waals surface area contributed by atoms with E-state index >= 15 is 0 Å². The first-order valence-corrected chi connectivity index (χ1v) is 6.34. The molecule has 0 aliphatic carbocycles. The highest BCUT2D eigenvalue weighted by Gasteiger charge is 2.20. The van der Waals surface area contributed by atoms with Gasteiger partial charge in [0.05, 0.1) is 0 Å². The second kappa shape index (κ2) is 5.78. The van der Waals surface area contributed by atoms with Crippen molar-refractivity contribution in [1.82, 2.24) is 5.32 Å². The molecule has 0 heterocycles. The van der Waals surface area contributed by atoms with E-state index in [1.165, 1.54) is 0 Å². The minimum Gasteiger partial charge on any atom is -0.444 e. The second-order valence-corrected chi connectivity index (χ2v) is 5.53. The predicted octanol–water partition coefficient (Wildman–Crippen LogP) is 2.97. The van der Waals surface area contributed by atoms with Crippen molar-refractivity contribution in [1.29, 1.82) is 0 Å². The van der Waals surface area contributed by atoms with Gasteiger partial charge in [0, 0.05) is 10.5 Å². The molecule has 0 bridgehead atoms. The number of hydrogen-bond acceptors (Lipinski definition) is 2. The molecule has 0 aliphatic rings. The number of rotatable bonds is 3. The molecular formula is C10H20INO2. The molecule has 1 amide bonds. The van der Waals surface area contributed by atoms with Gasteiger partial charge in [-0.2, -0.15) is 0 Å². The monoisotopic (exact) mass is 313 g/mol. The average Bonchev–Trinajstić information content (AvgIpc) is 1.96. The Hall–Kier alpha value is 0. The van der Waals surface area contributed by atoms with Crippen LogP contribution < -0.4 is 5.32 Å². The zero-order chi connectivity index (χ0) is 11.4. The van der Waals surface area contributed by atoms with Crippen LogP contribution in [0.3, 0.4) is 0 Å². The van der Waals surface area contributed by atoms with Crippen LogP contribution in [0.2, 0.25) is 0 Å². The molecule has 0 rings (SSSR count). The van der Waals surface area contributed by atoms with Gasteiger partial charge in [0.15, 0.2) is 0 Å². The molecule has 84 valence electrons. The molecule has 0 fully saturated rings. The van der Waals surface area contributed by atoms with Gasteiger partial charge in [-0.15, -0.1) is 0 Å². The van der Waals surface area contributed by atoms with Crippen LogP contribution in [0.5, 0.6) is 0 Å². The zero-order valence-electron chi connectivity index (χ0n) is 9.56. The summed E-state index contributed by atoms with van der Waals surface area (Å²) in [6, 6.07) is 0.186. The van der Waals surface area contributed by atoms with Crippen LogP contribution in [0, 0.1) is 5.92 Å². The first kappa shape index (κ1) is 14.0. The van der Waals surface area contributed by atoms with Crippen LogP contribution in [0.1, 0.15) is 34.6 Å². The third kappa shape index (κ3) is 6.45. The summed E-state index contributed by atoms with van der Waals surface area (Å²) in [5.41, 5.74) is -0.420. The van der Waals surface area contributed by atoms with E-state index in [4.69, 9.17) is 4.74 Å². The Bertz CT molecular complexity index is 187. The van der Waals surface area contributed by atoms with Gasteiger partial charge in [-0.25, -0.2) is 4.79 Å². The Balaban J connectivity index is 4.04. The maximum Gasteiger partial charge on any atom is 0.407 e. The number of hydrogen-bond donors (Lipinski definition) is 1. The highest BCUT2D eigenvalue weighted by atomic mass is 127. The molecule has 1 N–H and O–H groups in total. The van der Waals surface area contributed by atoms with Crippen LogP contribution in [0.25, 0.3) is 0 Å². The molecule has 4 heteroatoms. The lowest BCUT2D eigenvalue weighted by molar-refractivity contribution is 0.0498. The van der Waals surface area contributed by atoms with E-state index in [0.29, 0.717) is 5.92 Å². The molecule has 0 saturated carbocycles. The molecule has 0 spiro atoms. The van der Waals surface area contributed by atoms with Crippen molar-refractivity contribution in [2.45, 2.75) is 46.3 Å². The number of alkyl carbamates (subject to hydrolysis) is 1. The van der Waals surface area contributed by atoms with E-state index in [1.807, 2.05) is 20.8 Å². The van der Waals surface area contributed by atoms with Crippen molar-refractivity contribution in [3.63, 3.8) is 0 Å². The van der Waals surface area contributed by atoms with E-state index in [2.05, 4.69) is 41.8 Å². The third-order valence-electron chi connectivity index (χ3n) is 1.67. The Morgan fingerprint density at radius 3 is 2.21 bits per heavy atom. The lowest BCUT2D eigenvalue weighted by Gasteiger charge is -2.24.